The standard InChI is InChI=1S/C53H33N3OS/c1-2-11-32(12-3-1)34-21-24-36(25-22-34)51-54-52(38-26-23-33-13-4-5-15-37(33)31-38)56-53(55-51)45-30-29-40(48-47(45)44-17-8-9-20-46(44)57-48)41-18-10-19-42-43-28-27-35-14-6-7-16-39(35)49(43)58-50(41)42/h1-31,53H,(H,54,55,56). The largest absolute Gasteiger partial charge is 0.455 e. The summed E-state index contributed by atoms with van der Waals surface area (Å²) in [5, 5.41) is 13.2. The Bertz CT molecular complexity index is 3490. The molecule has 11 aromatic rings. The first-order valence-corrected chi connectivity index (χ1v) is 20.4. The molecule has 0 bridgehead atoms. The van der Waals surface area contributed by atoms with E-state index in [0.717, 1.165) is 72.4 Å². The van der Waals surface area contributed by atoms with Crippen LogP contribution < -0.4 is 5.32 Å². The summed E-state index contributed by atoms with van der Waals surface area (Å²) >= 11 is 1.86. The van der Waals surface area contributed by atoms with Crippen LogP contribution in [0.4, 0.5) is 0 Å². The first kappa shape index (κ1) is 32.9. The van der Waals surface area contributed by atoms with Crippen LogP contribution in [-0.4, -0.2) is 11.7 Å². The lowest BCUT2D eigenvalue weighted by Crippen LogP contribution is -2.36. The molecule has 1 atom stereocenters. The van der Waals surface area contributed by atoms with Crippen LogP contribution in [0.15, 0.2) is 202 Å². The molecule has 2 aromatic heterocycles. The van der Waals surface area contributed by atoms with Gasteiger partial charge in [0, 0.05) is 58.8 Å². The minimum atomic E-state index is -0.532. The van der Waals surface area contributed by atoms with Gasteiger partial charge in [-0.15, -0.1) is 11.3 Å². The molecule has 1 N–H and O–H groups in total. The van der Waals surface area contributed by atoms with Gasteiger partial charge in [-0.1, -0.05) is 176 Å². The molecule has 0 saturated heterocycles. The number of hydrogen-bond acceptors (Lipinski definition) is 5. The Labute approximate surface area is 338 Å². The van der Waals surface area contributed by atoms with Crippen LogP contribution in [0.2, 0.25) is 0 Å². The smallest absolute Gasteiger partial charge is 0.170 e. The van der Waals surface area contributed by atoms with E-state index in [2.05, 4.69) is 181 Å². The quantitative estimate of drug-likeness (QED) is 0.190. The number of furan rings is 1. The van der Waals surface area contributed by atoms with Crippen molar-refractivity contribution in [2.45, 2.75) is 6.17 Å². The van der Waals surface area contributed by atoms with Gasteiger partial charge in [-0.3, -0.25) is 0 Å². The summed E-state index contributed by atoms with van der Waals surface area (Å²) in [5.74, 6) is 1.55. The number of thiophene rings is 1. The molecule has 58 heavy (non-hydrogen) atoms. The maximum Gasteiger partial charge on any atom is 0.170 e. The van der Waals surface area contributed by atoms with Crippen molar-refractivity contribution in [3.05, 3.63) is 205 Å². The fraction of sp³-hybridized carbons (Fsp3) is 0.0189. The Morgan fingerprint density at radius 2 is 1.07 bits per heavy atom. The highest BCUT2D eigenvalue weighted by Gasteiger charge is 2.26. The van der Waals surface area contributed by atoms with E-state index < -0.39 is 6.17 Å². The van der Waals surface area contributed by atoms with Gasteiger partial charge in [0.25, 0.3) is 0 Å². The zero-order valence-corrected chi connectivity index (χ0v) is 32.0. The lowest BCUT2D eigenvalue weighted by atomic mass is 9.95. The van der Waals surface area contributed by atoms with Crippen molar-refractivity contribution < 1.29 is 4.42 Å². The van der Waals surface area contributed by atoms with Gasteiger partial charge in [-0.05, 0) is 44.8 Å². The molecule has 1 aliphatic heterocycles. The minimum Gasteiger partial charge on any atom is -0.455 e. The van der Waals surface area contributed by atoms with Crippen LogP contribution in [0.25, 0.3) is 85.9 Å². The molecule has 1 unspecified atom stereocenters. The summed E-state index contributed by atoms with van der Waals surface area (Å²) < 4.78 is 9.44. The van der Waals surface area contributed by atoms with Crippen LogP contribution in [-0.2, 0) is 0 Å². The molecule has 5 heteroatoms. The van der Waals surface area contributed by atoms with Crippen LogP contribution in [0.1, 0.15) is 22.9 Å². The van der Waals surface area contributed by atoms with E-state index in [1.807, 2.05) is 23.5 Å². The highest BCUT2D eigenvalue weighted by Crippen LogP contribution is 2.47. The van der Waals surface area contributed by atoms with Gasteiger partial charge >= 0.3 is 0 Å². The second-order valence-corrected chi connectivity index (χ2v) is 15.9. The SMILES string of the molecule is c1ccc(-c2ccc(C3=NC(c4ccc(-c5cccc6c5sc5c7ccccc7ccc65)c5oc6ccccc6c45)N=C(c4ccc5ccccc5c4)N3)cc2)cc1. The number of nitrogens with zero attached hydrogens (tertiary/aromatic N) is 2. The highest BCUT2D eigenvalue weighted by molar-refractivity contribution is 7.27. The van der Waals surface area contributed by atoms with Crippen molar-refractivity contribution in [2.75, 3.05) is 0 Å². The first-order chi connectivity index (χ1) is 28.7. The summed E-state index contributed by atoms with van der Waals surface area (Å²) in [6.07, 6.45) is -0.532. The Balaban J connectivity index is 1.06. The molecule has 3 heterocycles. The third kappa shape index (κ3) is 5.28. The van der Waals surface area contributed by atoms with Crippen molar-refractivity contribution in [1.29, 1.82) is 0 Å². The van der Waals surface area contributed by atoms with Gasteiger partial charge in [0.05, 0.1) is 0 Å². The Morgan fingerprint density at radius 3 is 1.93 bits per heavy atom. The van der Waals surface area contributed by atoms with Crippen molar-refractivity contribution in [2.24, 2.45) is 9.98 Å². The van der Waals surface area contributed by atoms with Gasteiger partial charge in [0.15, 0.2) is 6.17 Å². The molecule has 12 rings (SSSR count). The number of amidine groups is 2. The molecule has 272 valence electrons. The Morgan fingerprint density at radius 1 is 0.431 bits per heavy atom. The maximum absolute atomic E-state index is 6.88. The topological polar surface area (TPSA) is 49.9 Å². The molecule has 0 fully saturated rings. The predicted octanol–water partition coefficient (Wildman–Crippen LogP) is 14.1. The van der Waals surface area contributed by atoms with Gasteiger partial charge in [-0.25, -0.2) is 9.98 Å². The molecule has 4 nitrogen and oxygen atoms in total. The molecular weight excluding hydrogens is 727 g/mol. The van der Waals surface area contributed by atoms with E-state index in [4.69, 9.17) is 14.4 Å². The summed E-state index contributed by atoms with van der Waals surface area (Å²) in [7, 11) is 0. The van der Waals surface area contributed by atoms with Crippen molar-refractivity contribution in [1.82, 2.24) is 5.32 Å². The van der Waals surface area contributed by atoms with Crippen LogP contribution in [0.5, 0.6) is 0 Å². The molecule has 1 aliphatic rings. The van der Waals surface area contributed by atoms with Crippen molar-refractivity contribution in [3.8, 4) is 22.3 Å². The summed E-state index contributed by atoms with van der Waals surface area (Å²) in [6, 6.07) is 66.7. The normalized spacial score (nSPS) is 14.4. The molecule has 9 aromatic carbocycles. The fourth-order valence-corrected chi connectivity index (χ4v) is 10.1. The molecule has 0 amide bonds. The van der Waals surface area contributed by atoms with E-state index in [-0.39, 0.29) is 0 Å². The summed E-state index contributed by atoms with van der Waals surface area (Å²) in [6.45, 7) is 0. The number of para-hydroxylation sites is 1. The molecule has 0 saturated carbocycles. The number of benzene rings is 9. The Hall–Kier alpha value is -7.34. The van der Waals surface area contributed by atoms with E-state index in [1.165, 1.54) is 41.9 Å². The summed E-state index contributed by atoms with van der Waals surface area (Å²) in [5.41, 5.74) is 9.24. The van der Waals surface area contributed by atoms with E-state index in [1.54, 1.807) is 0 Å². The third-order valence-electron chi connectivity index (χ3n) is 11.5. The number of rotatable bonds is 5. The first-order valence-electron chi connectivity index (χ1n) is 19.6. The summed E-state index contributed by atoms with van der Waals surface area (Å²) in [4.78, 5) is 10.8. The van der Waals surface area contributed by atoms with Gasteiger partial charge < -0.3 is 9.73 Å². The average Bonchev–Trinajstić information content (AvgIpc) is 3.89. The van der Waals surface area contributed by atoms with Gasteiger partial charge in [0.2, 0.25) is 0 Å². The van der Waals surface area contributed by atoms with E-state index >= 15 is 0 Å². The second kappa shape index (κ2) is 13.1. The lowest BCUT2D eigenvalue weighted by Gasteiger charge is -2.23. The van der Waals surface area contributed by atoms with Crippen LogP contribution >= 0.6 is 11.3 Å². The van der Waals surface area contributed by atoms with Crippen LogP contribution in [0, 0.1) is 0 Å². The van der Waals surface area contributed by atoms with Gasteiger partial charge in [0.1, 0.15) is 22.8 Å². The maximum atomic E-state index is 6.88. The zero-order chi connectivity index (χ0) is 38.2. The third-order valence-corrected chi connectivity index (χ3v) is 12.8. The lowest BCUT2D eigenvalue weighted by molar-refractivity contribution is 0.669. The molecule has 0 aliphatic carbocycles. The molecular formula is C53H33N3OS. The fourth-order valence-electron chi connectivity index (χ4n) is 8.69. The number of hydrogen-bond donors (Lipinski definition) is 1. The average molecular weight is 760 g/mol. The van der Waals surface area contributed by atoms with Gasteiger partial charge in [-0.2, -0.15) is 0 Å². The molecule has 0 spiro atoms. The number of nitrogens with one attached hydrogen (secondary N) is 1. The van der Waals surface area contributed by atoms with E-state index in [0.29, 0.717) is 0 Å². The van der Waals surface area contributed by atoms with E-state index in [9.17, 15) is 0 Å². The highest BCUT2D eigenvalue weighted by atomic mass is 32.1. The van der Waals surface area contributed by atoms with Crippen LogP contribution in [0.3, 0.4) is 0 Å². The Kier molecular flexibility index (Phi) is 7.43. The minimum absolute atomic E-state index is 0.532. The monoisotopic (exact) mass is 759 g/mol. The molecule has 0 radical (unpaired) electrons. The predicted molar refractivity (Wildman–Crippen MR) is 244 cm³/mol. The van der Waals surface area contributed by atoms with Crippen molar-refractivity contribution in [3.63, 3.8) is 0 Å². The van der Waals surface area contributed by atoms with Crippen molar-refractivity contribution >= 4 is 86.7 Å². The number of fused-ring (bicyclic) bond motifs is 9. The number of aliphatic imine (C=N–C) groups is 2. The second-order valence-electron chi connectivity index (χ2n) is 14.9. The zero-order valence-electron chi connectivity index (χ0n) is 31.2.